The van der Waals surface area contributed by atoms with Gasteiger partial charge in [0.05, 0.1) is 6.04 Å². The zero-order valence-corrected chi connectivity index (χ0v) is 14.9. The van der Waals surface area contributed by atoms with Crippen molar-refractivity contribution in [1.82, 2.24) is 15.3 Å². The summed E-state index contributed by atoms with van der Waals surface area (Å²) >= 11 is 0. The maximum absolute atomic E-state index is 13.6. The van der Waals surface area contributed by atoms with Gasteiger partial charge in [-0.3, -0.25) is 9.59 Å². The Balaban J connectivity index is 1.48. The third-order valence-corrected chi connectivity index (χ3v) is 4.88. The summed E-state index contributed by atoms with van der Waals surface area (Å²) in [7, 11) is 0. The van der Waals surface area contributed by atoms with Crippen molar-refractivity contribution in [3.8, 4) is 5.75 Å². The van der Waals surface area contributed by atoms with Crippen LogP contribution in [0.3, 0.4) is 0 Å². The lowest BCUT2D eigenvalue weighted by Crippen LogP contribution is -2.34. The molecule has 7 heteroatoms. The summed E-state index contributed by atoms with van der Waals surface area (Å²) in [6, 6.07) is 5.90. The van der Waals surface area contributed by atoms with Gasteiger partial charge < -0.3 is 20.0 Å². The molecule has 0 bridgehead atoms. The molecule has 0 saturated heterocycles. The molecule has 2 heterocycles. The van der Waals surface area contributed by atoms with Crippen molar-refractivity contribution in [3.05, 3.63) is 63.5 Å². The van der Waals surface area contributed by atoms with E-state index in [-0.39, 0.29) is 35.6 Å². The summed E-state index contributed by atoms with van der Waals surface area (Å²) in [4.78, 5) is 30.3. The number of hydrogen-bond acceptors (Lipinski definition) is 3. The van der Waals surface area contributed by atoms with Gasteiger partial charge in [0.2, 0.25) is 5.43 Å². The predicted octanol–water partition coefficient (Wildman–Crippen LogP) is 2.88. The second kappa shape index (κ2) is 6.90. The van der Waals surface area contributed by atoms with E-state index in [4.69, 9.17) is 4.74 Å². The third kappa shape index (κ3) is 3.45. The molecule has 1 atom stereocenters. The van der Waals surface area contributed by atoms with Crippen LogP contribution in [0.5, 0.6) is 5.75 Å². The minimum absolute atomic E-state index is 0.112. The second-order valence-electron chi connectivity index (χ2n) is 6.85. The van der Waals surface area contributed by atoms with E-state index in [1.54, 1.807) is 13.0 Å². The van der Waals surface area contributed by atoms with E-state index >= 15 is 0 Å². The van der Waals surface area contributed by atoms with Crippen molar-refractivity contribution in [3.63, 3.8) is 0 Å². The van der Waals surface area contributed by atoms with Crippen LogP contribution in [-0.4, -0.2) is 22.5 Å². The Morgan fingerprint density at radius 2 is 2.22 bits per heavy atom. The Bertz CT molecular complexity index is 1070. The summed E-state index contributed by atoms with van der Waals surface area (Å²) < 4.78 is 18.9. The lowest BCUT2D eigenvalue weighted by atomic mass is 9.91. The van der Waals surface area contributed by atoms with Crippen molar-refractivity contribution in [1.29, 1.82) is 0 Å². The first-order valence-corrected chi connectivity index (χ1v) is 8.93. The first kappa shape index (κ1) is 17.3. The van der Waals surface area contributed by atoms with Crippen LogP contribution in [-0.2, 0) is 11.2 Å². The smallest absolute Gasteiger partial charge is 0.258 e. The number of amides is 1. The maximum atomic E-state index is 13.6. The Hall–Kier alpha value is -3.09. The lowest BCUT2D eigenvalue weighted by molar-refractivity contribution is -0.124. The number of pyridine rings is 1. The van der Waals surface area contributed by atoms with Gasteiger partial charge in [0.1, 0.15) is 5.82 Å². The highest BCUT2D eigenvalue weighted by Gasteiger charge is 2.25. The van der Waals surface area contributed by atoms with Crippen LogP contribution in [0.2, 0.25) is 0 Å². The molecule has 0 fully saturated rings. The van der Waals surface area contributed by atoms with Gasteiger partial charge in [-0.25, -0.2) is 4.39 Å². The number of benzene rings is 1. The molecule has 1 aliphatic carbocycles. The highest BCUT2D eigenvalue weighted by atomic mass is 19.1. The molecule has 140 valence electrons. The topological polar surface area (TPSA) is 87.0 Å². The molecule has 1 amide bonds. The second-order valence-corrected chi connectivity index (χ2v) is 6.85. The average molecular weight is 369 g/mol. The number of H-pyrrole nitrogens is 2. The van der Waals surface area contributed by atoms with Crippen LogP contribution in [0.15, 0.2) is 35.3 Å². The SMILES string of the molecule is Cc1cc(=O)c(OCC(=O)N[C@@H]2CCCc3c2[nH]c2ccc(F)cc32)c[nH]1. The van der Waals surface area contributed by atoms with E-state index in [1.807, 2.05) is 0 Å². The van der Waals surface area contributed by atoms with Crippen molar-refractivity contribution < 1.29 is 13.9 Å². The molecule has 0 saturated carbocycles. The monoisotopic (exact) mass is 369 g/mol. The first-order valence-electron chi connectivity index (χ1n) is 8.93. The van der Waals surface area contributed by atoms with Gasteiger partial charge in [0.25, 0.3) is 5.91 Å². The van der Waals surface area contributed by atoms with Gasteiger partial charge in [0.15, 0.2) is 12.4 Å². The molecule has 0 unspecified atom stereocenters. The van der Waals surface area contributed by atoms with E-state index in [0.717, 1.165) is 47.1 Å². The van der Waals surface area contributed by atoms with E-state index in [1.165, 1.54) is 24.4 Å². The number of carbonyl (C=O) groups is 1. The molecule has 4 rings (SSSR count). The Labute approximate surface area is 154 Å². The van der Waals surface area contributed by atoms with Crippen LogP contribution in [0.1, 0.15) is 35.8 Å². The van der Waals surface area contributed by atoms with Gasteiger partial charge in [0, 0.05) is 34.6 Å². The zero-order valence-electron chi connectivity index (χ0n) is 14.9. The molecular formula is C20H20FN3O3. The lowest BCUT2D eigenvalue weighted by Gasteiger charge is -2.23. The van der Waals surface area contributed by atoms with Gasteiger partial charge in [-0.2, -0.15) is 0 Å². The normalized spacial score (nSPS) is 16.1. The highest BCUT2D eigenvalue weighted by Crippen LogP contribution is 2.34. The van der Waals surface area contributed by atoms with E-state index in [9.17, 15) is 14.0 Å². The number of aromatic nitrogens is 2. The van der Waals surface area contributed by atoms with E-state index in [0.29, 0.717) is 0 Å². The third-order valence-electron chi connectivity index (χ3n) is 4.88. The van der Waals surface area contributed by atoms with Gasteiger partial charge in [-0.1, -0.05) is 0 Å². The highest BCUT2D eigenvalue weighted by molar-refractivity contribution is 5.86. The molecule has 3 aromatic rings. The molecule has 27 heavy (non-hydrogen) atoms. The summed E-state index contributed by atoms with van der Waals surface area (Å²) in [6.07, 6.45) is 4.00. The van der Waals surface area contributed by atoms with Crippen molar-refractivity contribution in [2.24, 2.45) is 0 Å². The maximum Gasteiger partial charge on any atom is 0.258 e. The van der Waals surface area contributed by atoms with Crippen molar-refractivity contribution in [2.75, 3.05) is 6.61 Å². The minimum Gasteiger partial charge on any atom is -0.478 e. The van der Waals surface area contributed by atoms with Crippen LogP contribution in [0.4, 0.5) is 4.39 Å². The Kier molecular flexibility index (Phi) is 4.43. The summed E-state index contributed by atoms with van der Waals surface area (Å²) in [5.41, 5.74) is 3.30. The molecule has 6 nitrogen and oxygen atoms in total. The largest absolute Gasteiger partial charge is 0.478 e. The van der Waals surface area contributed by atoms with Crippen molar-refractivity contribution in [2.45, 2.75) is 32.2 Å². The van der Waals surface area contributed by atoms with E-state index in [2.05, 4.69) is 15.3 Å². The van der Waals surface area contributed by atoms with Crippen LogP contribution in [0.25, 0.3) is 10.9 Å². The summed E-state index contributed by atoms with van der Waals surface area (Å²) in [5.74, 6) is -0.467. The fourth-order valence-electron chi connectivity index (χ4n) is 3.63. The van der Waals surface area contributed by atoms with Gasteiger partial charge in [-0.15, -0.1) is 0 Å². The molecule has 1 aliphatic rings. The molecule has 2 aromatic heterocycles. The Morgan fingerprint density at radius 3 is 3.04 bits per heavy atom. The first-order chi connectivity index (χ1) is 13.0. The number of hydrogen-bond donors (Lipinski definition) is 3. The number of aromatic amines is 2. The quantitative estimate of drug-likeness (QED) is 0.661. The van der Waals surface area contributed by atoms with Crippen LogP contribution < -0.4 is 15.5 Å². The standard InChI is InChI=1S/C20H20FN3O3/c1-11-7-17(25)18(9-22-11)27-10-19(26)23-16-4-2-3-13-14-8-12(21)5-6-15(14)24-20(13)16/h5-9,16,24H,2-4,10H2,1H3,(H,22,25)(H,23,26)/t16-/m1/s1. The average Bonchev–Trinajstić information content (AvgIpc) is 3.00. The van der Waals surface area contributed by atoms with Crippen molar-refractivity contribution >= 4 is 16.8 Å². The molecule has 0 spiro atoms. The number of nitrogens with one attached hydrogen (secondary N) is 3. The molecule has 1 aromatic carbocycles. The number of ether oxygens (including phenoxy) is 1. The number of aryl methyl sites for hydroxylation is 2. The fraction of sp³-hybridized carbons (Fsp3) is 0.300. The Morgan fingerprint density at radius 1 is 1.37 bits per heavy atom. The number of carbonyl (C=O) groups excluding carboxylic acids is 1. The van der Waals surface area contributed by atoms with Crippen LogP contribution in [0, 0.1) is 12.7 Å². The fourth-order valence-corrected chi connectivity index (χ4v) is 3.63. The predicted molar refractivity (Wildman–Crippen MR) is 99.4 cm³/mol. The molecule has 0 aliphatic heterocycles. The number of rotatable bonds is 4. The summed E-state index contributed by atoms with van der Waals surface area (Å²) in [6.45, 7) is 1.53. The van der Waals surface area contributed by atoms with Gasteiger partial charge >= 0.3 is 0 Å². The molecular weight excluding hydrogens is 349 g/mol. The number of halogens is 1. The zero-order chi connectivity index (χ0) is 19.0. The van der Waals surface area contributed by atoms with E-state index < -0.39 is 0 Å². The summed E-state index contributed by atoms with van der Waals surface area (Å²) in [5, 5.41) is 3.82. The minimum atomic E-state index is -0.308. The molecule has 0 radical (unpaired) electrons. The van der Waals surface area contributed by atoms with Crippen LogP contribution >= 0.6 is 0 Å². The van der Waals surface area contributed by atoms with Gasteiger partial charge in [-0.05, 0) is 49.9 Å². The number of fused-ring (bicyclic) bond motifs is 3. The molecule has 3 N–H and O–H groups in total.